The van der Waals surface area contributed by atoms with E-state index < -0.39 is 15.9 Å². The van der Waals surface area contributed by atoms with Crippen LogP contribution >= 0.6 is 0 Å². The van der Waals surface area contributed by atoms with Crippen LogP contribution in [-0.4, -0.2) is 33.6 Å². The van der Waals surface area contributed by atoms with E-state index in [2.05, 4.69) is 5.32 Å². The van der Waals surface area contributed by atoms with E-state index in [0.717, 1.165) is 19.5 Å². The van der Waals surface area contributed by atoms with E-state index >= 15 is 0 Å². The Balaban J connectivity index is 1.91. The van der Waals surface area contributed by atoms with E-state index in [1.54, 1.807) is 49.4 Å². The Morgan fingerprint density at radius 1 is 1.28 bits per heavy atom. The maximum absolute atomic E-state index is 12.8. The van der Waals surface area contributed by atoms with Gasteiger partial charge in [-0.1, -0.05) is 31.2 Å². The van der Waals surface area contributed by atoms with Gasteiger partial charge >= 0.3 is 5.97 Å². The number of hydrogen-bond acceptors (Lipinski definition) is 5. The van der Waals surface area contributed by atoms with Gasteiger partial charge in [0, 0.05) is 12.3 Å². The fourth-order valence-corrected chi connectivity index (χ4v) is 4.70. The molecule has 0 saturated carbocycles. The van der Waals surface area contributed by atoms with Crippen LogP contribution in [0.15, 0.2) is 58.4 Å². The molecule has 0 bridgehead atoms. The summed E-state index contributed by atoms with van der Waals surface area (Å²) >= 11 is 0. The van der Waals surface area contributed by atoms with E-state index in [9.17, 15) is 13.2 Å². The number of rotatable bonds is 5. The van der Waals surface area contributed by atoms with E-state index in [0.29, 0.717) is 5.92 Å². The van der Waals surface area contributed by atoms with Gasteiger partial charge in [0.25, 0.3) is 0 Å². The fourth-order valence-electron chi connectivity index (χ4n) is 3.34. The van der Waals surface area contributed by atoms with E-state index in [4.69, 9.17) is 4.74 Å². The molecular weight excluding hydrogens is 338 g/mol. The Bertz CT molecular complexity index is 777. The largest absolute Gasteiger partial charge is 0.457 e. The van der Waals surface area contributed by atoms with Crippen molar-refractivity contribution in [1.82, 2.24) is 5.32 Å². The Morgan fingerprint density at radius 2 is 2.04 bits per heavy atom. The van der Waals surface area contributed by atoms with E-state index in [-0.39, 0.29) is 28.1 Å². The highest BCUT2D eigenvalue weighted by Gasteiger charge is 2.35. The maximum Gasteiger partial charge on any atom is 0.306 e. The van der Waals surface area contributed by atoms with Crippen LogP contribution in [-0.2, 0) is 19.4 Å². The number of carbonyl (C=O) groups excluding carboxylic acids is 1. The number of nitrogens with one attached hydrogen (secondary N) is 1. The number of ether oxygens (including phenoxy) is 1. The average Bonchev–Trinajstić information content (AvgIpc) is 3.16. The number of esters is 1. The van der Waals surface area contributed by atoms with Crippen molar-refractivity contribution in [3.05, 3.63) is 53.5 Å². The standard InChI is InChI=1S/C19H23NO4S/c1-2-19(21)24-18-12-16(8-9-17(18)14-10-11-20-13-14)25(22,23)15-6-4-3-5-7-15/h3-9,12,14,17-18,20H,2,10-11,13H2,1H3/t14-,17?,18?/m1/s1. The molecule has 1 aliphatic heterocycles. The number of sulfone groups is 1. The van der Waals surface area contributed by atoms with Gasteiger partial charge in [-0.3, -0.25) is 4.79 Å². The maximum atomic E-state index is 12.8. The number of benzene rings is 1. The van der Waals surface area contributed by atoms with Crippen molar-refractivity contribution in [2.24, 2.45) is 11.8 Å². The molecule has 6 heteroatoms. The van der Waals surface area contributed by atoms with Gasteiger partial charge in [-0.25, -0.2) is 8.42 Å². The molecule has 134 valence electrons. The molecule has 1 heterocycles. The second kappa shape index (κ2) is 7.54. The van der Waals surface area contributed by atoms with Crippen LogP contribution in [0.4, 0.5) is 0 Å². The predicted molar refractivity (Wildman–Crippen MR) is 95.5 cm³/mol. The summed E-state index contributed by atoms with van der Waals surface area (Å²) in [6, 6.07) is 8.32. The third kappa shape index (κ3) is 3.85. The van der Waals surface area contributed by atoms with Crippen LogP contribution in [0.25, 0.3) is 0 Å². The molecule has 0 radical (unpaired) electrons. The van der Waals surface area contributed by atoms with Gasteiger partial charge in [0.2, 0.25) is 9.84 Å². The van der Waals surface area contributed by atoms with Crippen molar-refractivity contribution in [2.75, 3.05) is 13.1 Å². The van der Waals surface area contributed by atoms with Crippen LogP contribution in [0.1, 0.15) is 19.8 Å². The smallest absolute Gasteiger partial charge is 0.306 e. The quantitative estimate of drug-likeness (QED) is 0.816. The minimum Gasteiger partial charge on any atom is -0.457 e. The zero-order chi connectivity index (χ0) is 17.9. The molecule has 1 aromatic carbocycles. The number of allylic oxidation sites excluding steroid dienone is 1. The predicted octanol–water partition coefficient (Wildman–Crippen LogP) is 2.46. The third-order valence-corrected chi connectivity index (χ3v) is 6.54. The molecule has 3 atom stereocenters. The Morgan fingerprint density at radius 3 is 2.68 bits per heavy atom. The molecule has 1 saturated heterocycles. The zero-order valence-electron chi connectivity index (χ0n) is 14.2. The number of carbonyl (C=O) groups is 1. The summed E-state index contributed by atoms with van der Waals surface area (Å²) in [4.78, 5) is 12.3. The van der Waals surface area contributed by atoms with Crippen molar-refractivity contribution in [3.8, 4) is 0 Å². The average molecular weight is 361 g/mol. The molecule has 0 spiro atoms. The zero-order valence-corrected chi connectivity index (χ0v) is 15.0. The molecule has 1 aromatic rings. The van der Waals surface area contributed by atoms with Gasteiger partial charge in [0.05, 0.1) is 9.80 Å². The second-order valence-electron chi connectivity index (χ2n) is 6.38. The van der Waals surface area contributed by atoms with Crippen LogP contribution in [0.5, 0.6) is 0 Å². The molecular formula is C19H23NO4S. The van der Waals surface area contributed by atoms with E-state index in [1.807, 2.05) is 6.08 Å². The summed E-state index contributed by atoms with van der Waals surface area (Å²) in [7, 11) is -3.62. The topological polar surface area (TPSA) is 72.5 Å². The summed E-state index contributed by atoms with van der Waals surface area (Å²) < 4.78 is 31.3. The summed E-state index contributed by atoms with van der Waals surface area (Å²) in [5.41, 5.74) is 0. The number of hydrogen-bond donors (Lipinski definition) is 1. The lowest BCUT2D eigenvalue weighted by Crippen LogP contribution is -2.33. The van der Waals surface area contributed by atoms with Gasteiger partial charge < -0.3 is 10.1 Å². The molecule has 5 nitrogen and oxygen atoms in total. The van der Waals surface area contributed by atoms with Gasteiger partial charge in [0.1, 0.15) is 6.10 Å². The highest BCUT2D eigenvalue weighted by Crippen LogP contribution is 2.33. The fraction of sp³-hybridized carbons (Fsp3) is 0.421. The van der Waals surface area contributed by atoms with Gasteiger partial charge in [-0.05, 0) is 49.7 Å². The lowest BCUT2D eigenvalue weighted by atomic mass is 9.84. The SMILES string of the molecule is CCC(=O)OC1C=C(S(=O)(=O)c2ccccc2)C=CC1[C@@H]1CCNC1. The lowest BCUT2D eigenvalue weighted by Gasteiger charge is -2.30. The molecule has 1 fully saturated rings. The molecule has 2 aliphatic rings. The highest BCUT2D eigenvalue weighted by atomic mass is 32.2. The highest BCUT2D eigenvalue weighted by molar-refractivity contribution is 7.95. The third-order valence-electron chi connectivity index (χ3n) is 4.75. The molecule has 1 aliphatic carbocycles. The van der Waals surface area contributed by atoms with Gasteiger partial charge in [-0.2, -0.15) is 0 Å². The van der Waals surface area contributed by atoms with Gasteiger partial charge in [0.15, 0.2) is 0 Å². The van der Waals surface area contributed by atoms with Crippen molar-refractivity contribution in [3.63, 3.8) is 0 Å². The first kappa shape index (κ1) is 17.9. The molecule has 3 rings (SSSR count). The molecule has 25 heavy (non-hydrogen) atoms. The van der Waals surface area contributed by atoms with Gasteiger partial charge in [-0.15, -0.1) is 0 Å². The summed E-state index contributed by atoms with van der Waals surface area (Å²) in [5, 5.41) is 3.31. The van der Waals surface area contributed by atoms with Crippen molar-refractivity contribution < 1.29 is 17.9 Å². The first-order valence-electron chi connectivity index (χ1n) is 8.62. The van der Waals surface area contributed by atoms with Crippen molar-refractivity contribution in [1.29, 1.82) is 0 Å². The first-order chi connectivity index (χ1) is 12.0. The van der Waals surface area contributed by atoms with Crippen LogP contribution < -0.4 is 5.32 Å². The van der Waals surface area contributed by atoms with E-state index in [1.165, 1.54) is 0 Å². The first-order valence-corrected chi connectivity index (χ1v) is 10.1. The molecule has 2 unspecified atom stereocenters. The second-order valence-corrected chi connectivity index (χ2v) is 8.33. The minimum absolute atomic E-state index is 0.000207. The summed E-state index contributed by atoms with van der Waals surface area (Å²) in [5.74, 6) is 0.0207. The summed E-state index contributed by atoms with van der Waals surface area (Å²) in [6.07, 6.45) is 5.85. The lowest BCUT2D eigenvalue weighted by molar-refractivity contribution is -0.148. The van der Waals surface area contributed by atoms with Crippen molar-refractivity contribution >= 4 is 15.8 Å². The monoisotopic (exact) mass is 361 g/mol. The molecule has 0 amide bonds. The Kier molecular flexibility index (Phi) is 5.39. The Labute approximate surface area is 148 Å². The Hall–Kier alpha value is -1.92. The molecule has 1 N–H and O–H groups in total. The normalized spacial score (nSPS) is 26.3. The molecule has 0 aromatic heterocycles. The minimum atomic E-state index is -3.62. The van der Waals surface area contributed by atoms with Crippen LogP contribution in [0.3, 0.4) is 0 Å². The van der Waals surface area contributed by atoms with Crippen LogP contribution in [0.2, 0.25) is 0 Å². The van der Waals surface area contributed by atoms with Crippen LogP contribution in [0, 0.1) is 11.8 Å². The van der Waals surface area contributed by atoms with Crippen molar-refractivity contribution in [2.45, 2.75) is 30.8 Å². The summed E-state index contributed by atoms with van der Waals surface area (Å²) in [6.45, 7) is 3.52.